The summed E-state index contributed by atoms with van der Waals surface area (Å²) in [7, 11) is -2.17. The number of hydrogen-bond acceptors (Lipinski definition) is 8. The SMILES string of the molecule is CO[C@@]1(CN2CCN3CCC(C)(F)C[C@H]3C2)/C=C/C[C@H](C)[C@@H](C)S(=O)(=O)NC(=O)c2ccc3c(c2)N(CCCCc2cc(Cl)ccc2CO3)C[C@@H]2CC[C@H]21. The van der Waals surface area contributed by atoms with E-state index in [0.717, 1.165) is 82.6 Å². The fourth-order valence-corrected chi connectivity index (χ4v) is 11.0. The molecule has 7 rings (SSSR count). The molecule has 1 N–H and O–H groups in total. The minimum Gasteiger partial charge on any atom is -0.487 e. The lowest BCUT2D eigenvalue weighted by Crippen LogP contribution is -2.62. The maximum atomic E-state index is 15.2. The number of carbonyl (C=O) groups is 1. The molecule has 3 fully saturated rings. The molecule has 1 amide bonds. The fraction of sp³-hybridized carbons (Fsp3) is 0.643. The number of hydrogen-bond donors (Lipinski definition) is 1. The summed E-state index contributed by atoms with van der Waals surface area (Å²) >= 11 is 6.41. The third kappa shape index (κ3) is 8.50. The predicted octanol–water partition coefficient (Wildman–Crippen LogP) is 7.03. The van der Waals surface area contributed by atoms with E-state index in [2.05, 4.69) is 31.6 Å². The summed E-state index contributed by atoms with van der Waals surface area (Å²) in [6.45, 7) is 11.3. The van der Waals surface area contributed by atoms with Crippen molar-refractivity contribution in [1.82, 2.24) is 14.5 Å². The predicted molar refractivity (Wildman–Crippen MR) is 213 cm³/mol. The number of allylic oxidation sites excluding steroid dienone is 1. The van der Waals surface area contributed by atoms with Crippen LogP contribution in [-0.4, -0.2) is 99.6 Å². The van der Waals surface area contributed by atoms with Gasteiger partial charge in [-0.1, -0.05) is 36.7 Å². The molecule has 5 aliphatic rings. The topological polar surface area (TPSA) is 91.4 Å². The van der Waals surface area contributed by atoms with Crippen LogP contribution in [0.1, 0.15) is 87.2 Å². The van der Waals surface area contributed by atoms with Crippen molar-refractivity contribution in [3.63, 3.8) is 0 Å². The summed E-state index contributed by atoms with van der Waals surface area (Å²) < 4.78 is 58.1. The smallest absolute Gasteiger partial charge is 0.264 e. The minimum absolute atomic E-state index is 0.177. The second-order valence-corrected chi connectivity index (χ2v) is 19.5. The average Bonchev–Trinajstić information content (AvgIpc) is 3.14. The molecule has 4 heterocycles. The van der Waals surface area contributed by atoms with Crippen molar-refractivity contribution in [2.75, 3.05) is 57.8 Å². The molecule has 2 aromatic carbocycles. The van der Waals surface area contributed by atoms with Crippen LogP contribution < -0.4 is 14.4 Å². The number of nitrogens with zero attached hydrogens (tertiary/aromatic N) is 3. The first-order valence-corrected chi connectivity index (χ1v) is 21.9. The number of amides is 1. The Bertz CT molecular complexity index is 1830. The minimum atomic E-state index is -3.99. The molecule has 12 heteroatoms. The van der Waals surface area contributed by atoms with Gasteiger partial charge in [-0.05, 0) is 124 Å². The molecule has 54 heavy (non-hydrogen) atoms. The zero-order valence-electron chi connectivity index (χ0n) is 32.4. The van der Waals surface area contributed by atoms with E-state index in [0.29, 0.717) is 49.1 Å². The summed E-state index contributed by atoms with van der Waals surface area (Å²) in [6.07, 6.45) is 10.8. The van der Waals surface area contributed by atoms with Crippen LogP contribution in [-0.2, 0) is 27.8 Å². The Morgan fingerprint density at radius 1 is 1.04 bits per heavy atom. The highest BCUT2D eigenvalue weighted by molar-refractivity contribution is 7.90. The average molecular weight is 785 g/mol. The Morgan fingerprint density at radius 2 is 1.87 bits per heavy atom. The summed E-state index contributed by atoms with van der Waals surface area (Å²) in [6, 6.07) is 11.4. The molecular formula is C42H58ClFN4O5S. The van der Waals surface area contributed by atoms with Crippen LogP contribution in [0, 0.1) is 17.8 Å². The van der Waals surface area contributed by atoms with Crippen LogP contribution in [0.4, 0.5) is 10.1 Å². The van der Waals surface area contributed by atoms with Gasteiger partial charge in [0, 0.05) is 69.6 Å². The normalized spacial score (nSPS) is 34.4. The van der Waals surface area contributed by atoms with E-state index in [4.69, 9.17) is 21.1 Å². The lowest BCUT2D eigenvalue weighted by molar-refractivity contribution is -0.104. The van der Waals surface area contributed by atoms with E-state index in [1.54, 1.807) is 32.0 Å². The number of halogens is 2. The zero-order valence-corrected chi connectivity index (χ0v) is 33.9. The van der Waals surface area contributed by atoms with E-state index in [-0.39, 0.29) is 23.4 Å². The Morgan fingerprint density at radius 3 is 2.65 bits per heavy atom. The molecule has 0 radical (unpaired) electrons. The number of alkyl halides is 1. The highest BCUT2D eigenvalue weighted by Crippen LogP contribution is 2.47. The van der Waals surface area contributed by atoms with Gasteiger partial charge in [-0.3, -0.25) is 14.6 Å². The number of piperidine rings is 1. The third-order valence-electron chi connectivity index (χ3n) is 13.3. The van der Waals surface area contributed by atoms with Crippen molar-refractivity contribution < 1.29 is 27.1 Å². The van der Waals surface area contributed by atoms with Gasteiger partial charge in [0.05, 0.1) is 10.9 Å². The number of fused-ring (bicyclic) bond motifs is 4. The number of nitrogens with one attached hydrogen (secondary N) is 1. The van der Waals surface area contributed by atoms with Crippen molar-refractivity contribution >= 4 is 33.2 Å². The highest BCUT2D eigenvalue weighted by Gasteiger charge is 2.49. The summed E-state index contributed by atoms with van der Waals surface area (Å²) in [5, 5.41) is -0.104. The van der Waals surface area contributed by atoms with Gasteiger partial charge < -0.3 is 14.4 Å². The maximum absolute atomic E-state index is 15.2. The van der Waals surface area contributed by atoms with E-state index in [9.17, 15) is 13.2 Å². The monoisotopic (exact) mass is 784 g/mol. The molecule has 2 bridgehead atoms. The van der Waals surface area contributed by atoms with E-state index < -0.39 is 32.5 Å². The van der Waals surface area contributed by atoms with Crippen LogP contribution in [0.3, 0.4) is 0 Å². The lowest BCUT2D eigenvalue weighted by atomic mass is 9.63. The Balaban J connectivity index is 1.24. The Hall–Kier alpha value is -2.70. The molecular weight excluding hydrogens is 727 g/mol. The molecule has 296 valence electrons. The first-order chi connectivity index (χ1) is 25.8. The van der Waals surface area contributed by atoms with Gasteiger partial charge in [0.15, 0.2) is 0 Å². The Kier molecular flexibility index (Phi) is 11.7. The number of benzene rings is 2. The number of ether oxygens (including phenoxy) is 2. The van der Waals surface area contributed by atoms with Crippen LogP contribution in [0.25, 0.3) is 0 Å². The summed E-state index contributed by atoms with van der Waals surface area (Å²) in [5.74, 6) is 0.266. The molecule has 2 aromatic rings. The van der Waals surface area contributed by atoms with Gasteiger partial charge in [0.25, 0.3) is 5.91 Å². The van der Waals surface area contributed by atoms with E-state index >= 15 is 4.39 Å². The number of anilines is 1. The standard InChI is InChI=1S/C42H58ClFN4O5S/c1-29-8-7-16-42(52-4,28-46-20-21-47-19-17-41(3,44)24-36(47)26-46)37-14-11-33(37)25-48-18-6-5-9-31-22-35(43)13-10-34(31)27-53-39-15-12-32(23-38(39)48)40(49)45-54(50,51)30(29)2/h7,10,12-13,15-16,22-23,29-30,33,36-37H,5-6,8-9,11,14,17-21,24-28H2,1-4H3,(H,45,49)/b16-7+/t29-,30+,33-,36-,37+,41?,42+/m0/s1. The molecule has 1 aliphatic carbocycles. The number of rotatable bonds is 3. The zero-order chi connectivity index (χ0) is 38.3. The van der Waals surface area contributed by atoms with Crippen LogP contribution in [0.5, 0.6) is 5.75 Å². The van der Waals surface area contributed by atoms with Crippen LogP contribution >= 0.6 is 11.6 Å². The van der Waals surface area contributed by atoms with E-state index in [1.165, 1.54) is 5.56 Å². The largest absolute Gasteiger partial charge is 0.487 e. The number of aryl methyl sites for hydroxylation is 1. The van der Waals surface area contributed by atoms with Gasteiger partial charge >= 0.3 is 0 Å². The van der Waals surface area contributed by atoms with Crippen molar-refractivity contribution in [2.45, 2.75) is 101 Å². The van der Waals surface area contributed by atoms with Crippen molar-refractivity contribution in [3.05, 3.63) is 70.3 Å². The summed E-state index contributed by atoms with van der Waals surface area (Å²) in [4.78, 5) is 20.9. The lowest BCUT2D eigenvalue weighted by Gasteiger charge is -2.53. The van der Waals surface area contributed by atoms with Crippen LogP contribution in [0.15, 0.2) is 48.6 Å². The van der Waals surface area contributed by atoms with Crippen molar-refractivity contribution in [1.29, 1.82) is 0 Å². The number of sulfonamides is 1. The quantitative estimate of drug-likeness (QED) is 0.332. The second kappa shape index (κ2) is 16.0. The van der Waals surface area contributed by atoms with Gasteiger partial charge in [-0.2, -0.15) is 0 Å². The number of piperazine rings is 1. The van der Waals surface area contributed by atoms with Crippen molar-refractivity contribution in [2.24, 2.45) is 17.8 Å². The van der Waals surface area contributed by atoms with Crippen LogP contribution in [0.2, 0.25) is 5.02 Å². The summed E-state index contributed by atoms with van der Waals surface area (Å²) in [5.41, 5.74) is 1.57. The molecule has 1 saturated carbocycles. The molecule has 1 unspecified atom stereocenters. The molecule has 0 aromatic heterocycles. The first kappa shape index (κ1) is 39.5. The van der Waals surface area contributed by atoms with Gasteiger partial charge in [-0.25, -0.2) is 17.5 Å². The maximum Gasteiger partial charge on any atom is 0.264 e. The number of carbonyl (C=O) groups excluding carboxylic acids is 1. The molecule has 7 atom stereocenters. The van der Waals surface area contributed by atoms with Gasteiger partial charge in [0.1, 0.15) is 23.6 Å². The Labute approximate surface area is 326 Å². The highest BCUT2D eigenvalue weighted by atomic mass is 35.5. The number of methoxy groups -OCH3 is 1. The molecule has 9 nitrogen and oxygen atoms in total. The first-order valence-electron chi connectivity index (χ1n) is 20.0. The second-order valence-electron chi connectivity index (χ2n) is 17.0. The molecule has 2 saturated heterocycles. The van der Waals surface area contributed by atoms with Gasteiger partial charge in [0.2, 0.25) is 10.0 Å². The third-order valence-corrected chi connectivity index (χ3v) is 15.4. The van der Waals surface area contributed by atoms with E-state index in [1.807, 2.05) is 32.2 Å². The van der Waals surface area contributed by atoms with Crippen molar-refractivity contribution in [3.8, 4) is 5.75 Å². The van der Waals surface area contributed by atoms with Gasteiger partial charge in [-0.15, -0.1) is 0 Å². The fourth-order valence-electron chi connectivity index (χ4n) is 9.54. The molecule has 0 spiro atoms. The molecule has 4 aliphatic heterocycles.